The molecule has 0 aliphatic heterocycles. The first-order chi connectivity index (χ1) is 10.3. The van der Waals surface area contributed by atoms with Crippen LogP contribution in [0.2, 0.25) is 5.02 Å². The first kappa shape index (κ1) is 16.5. The molecule has 0 spiro atoms. The Balaban J connectivity index is 2.08. The quantitative estimate of drug-likeness (QED) is 0.792. The highest BCUT2D eigenvalue weighted by Gasteiger charge is 2.25. The summed E-state index contributed by atoms with van der Waals surface area (Å²) in [6.45, 7) is 5.67. The smallest absolute Gasteiger partial charge is 0.254 e. The SMILES string of the molecule is CC(C)c1[nH]ncc1C(=O)NCC(C)(O)c1cccc(Cl)c1. The van der Waals surface area contributed by atoms with Gasteiger partial charge in [0.25, 0.3) is 5.91 Å². The fourth-order valence-electron chi connectivity index (χ4n) is 2.19. The Bertz CT molecular complexity index is 665. The summed E-state index contributed by atoms with van der Waals surface area (Å²) in [6, 6.07) is 6.96. The molecule has 0 radical (unpaired) electrons. The highest BCUT2D eigenvalue weighted by Crippen LogP contribution is 2.23. The van der Waals surface area contributed by atoms with E-state index in [1.54, 1.807) is 31.2 Å². The predicted molar refractivity (Wildman–Crippen MR) is 86.0 cm³/mol. The Morgan fingerprint density at radius 2 is 2.23 bits per heavy atom. The lowest BCUT2D eigenvalue weighted by Gasteiger charge is -2.24. The van der Waals surface area contributed by atoms with Crippen LogP contribution in [-0.4, -0.2) is 27.8 Å². The summed E-state index contributed by atoms with van der Waals surface area (Å²) in [5, 5.41) is 20.6. The Morgan fingerprint density at radius 1 is 1.50 bits per heavy atom. The third-order valence-corrected chi connectivity index (χ3v) is 3.77. The zero-order valence-electron chi connectivity index (χ0n) is 12.9. The Morgan fingerprint density at radius 3 is 2.86 bits per heavy atom. The van der Waals surface area contributed by atoms with Gasteiger partial charge in [-0.2, -0.15) is 5.10 Å². The van der Waals surface area contributed by atoms with Gasteiger partial charge < -0.3 is 10.4 Å². The normalized spacial score (nSPS) is 13.9. The van der Waals surface area contributed by atoms with Crippen LogP contribution in [0.25, 0.3) is 0 Å². The van der Waals surface area contributed by atoms with Crippen LogP contribution in [0.15, 0.2) is 30.5 Å². The van der Waals surface area contributed by atoms with Gasteiger partial charge in [0.1, 0.15) is 5.60 Å². The van der Waals surface area contributed by atoms with Crippen molar-refractivity contribution < 1.29 is 9.90 Å². The second-order valence-corrected chi connectivity index (χ2v) is 6.26. The molecule has 1 aromatic heterocycles. The second-order valence-electron chi connectivity index (χ2n) is 5.82. The van der Waals surface area contributed by atoms with Crippen LogP contribution in [-0.2, 0) is 5.60 Å². The Kier molecular flexibility index (Phi) is 4.88. The molecular weight excluding hydrogens is 302 g/mol. The average Bonchev–Trinajstić information content (AvgIpc) is 2.94. The van der Waals surface area contributed by atoms with Gasteiger partial charge in [-0.25, -0.2) is 0 Å². The van der Waals surface area contributed by atoms with Crippen molar-refractivity contribution in [1.82, 2.24) is 15.5 Å². The van der Waals surface area contributed by atoms with E-state index in [4.69, 9.17) is 11.6 Å². The van der Waals surface area contributed by atoms with Crippen molar-refractivity contribution in [1.29, 1.82) is 0 Å². The highest BCUT2D eigenvalue weighted by molar-refractivity contribution is 6.30. The number of hydrogen-bond acceptors (Lipinski definition) is 3. The number of nitrogens with one attached hydrogen (secondary N) is 2. The molecule has 0 bridgehead atoms. The molecule has 1 atom stereocenters. The molecule has 2 rings (SSSR count). The number of rotatable bonds is 5. The van der Waals surface area contributed by atoms with Gasteiger partial charge in [0.2, 0.25) is 0 Å². The van der Waals surface area contributed by atoms with Gasteiger partial charge in [-0.15, -0.1) is 0 Å². The second kappa shape index (κ2) is 6.50. The number of halogens is 1. The first-order valence-electron chi connectivity index (χ1n) is 7.11. The van der Waals surface area contributed by atoms with Gasteiger partial charge in [0.15, 0.2) is 0 Å². The van der Waals surface area contributed by atoms with Crippen LogP contribution in [0.4, 0.5) is 0 Å². The molecule has 5 nitrogen and oxygen atoms in total. The van der Waals surface area contributed by atoms with Crippen molar-refractivity contribution in [3.63, 3.8) is 0 Å². The lowest BCUT2D eigenvalue weighted by atomic mass is 9.96. The maximum atomic E-state index is 12.3. The lowest BCUT2D eigenvalue weighted by Crippen LogP contribution is -2.38. The zero-order valence-corrected chi connectivity index (χ0v) is 13.6. The summed E-state index contributed by atoms with van der Waals surface area (Å²) in [4.78, 5) is 12.3. The third-order valence-electron chi connectivity index (χ3n) is 3.53. The van der Waals surface area contributed by atoms with E-state index in [9.17, 15) is 9.90 Å². The minimum absolute atomic E-state index is 0.0783. The highest BCUT2D eigenvalue weighted by atomic mass is 35.5. The average molecular weight is 322 g/mol. The molecule has 1 aromatic carbocycles. The van der Waals surface area contributed by atoms with Gasteiger partial charge in [-0.3, -0.25) is 9.89 Å². The summed E-state index contributed by atoms with van der Waals surface area (Å²) in [7, 11) is 0. The van der Waals surface area contributed by atoms with Gasteiger partial charge >= 0.3 is 0 Å². The van der Waals surface area contributed by atoms with Gasteiger partial charge in [0.05, 0.1) is 24.0 Å². The predicted octanol–water partition coefficient (Wildman–Crippen LogP) is 2.82. The molecule has 1 unspecified atom stereocenters. The summed E-state index contributed by atoms with van der Waals surface area (Å²) < 4.78 is 0. The summed E-state index contributed by atoms with van der Waals surface area (Å²) in [5.74, 6) is -0.101. The van der Waals surface area contributed by atoms with E-state index in [2.05, 4.69) is 15.5 Å². The maximum Gasteiger partial charge on any atom is 0.254 e. The third kappa shape index (κ3) is 3.67. The van der Waals surface area contributed by atoms with E-state index < -0.39 is 5.60 Å². The van der Waals surface area contributed by atoms with Gasteiger partial charge in [-0.1, -0.05) is 37.6 Å². The fraction of sp³-hybridized carbons (Fsp3) is 0.375. The van der Waals surface area contributed by atoms with Crippen molar-refractivity contribution >= 4 is 17.5 Å². The van der Waals surface area contributed by atoms with Crippen LogP contribution in [0, 0.1) is 0 Å². The Labute approximate surface area is 134 Å². The molecular formula is C16H20ClN3O2. The molecule has 0 aliphatic rings. The molecule has 2 aromatic rings. The topological polar surface area (TPSA) is 78.0 Å². The minimum atomic E-state index is -1.21. The fourth-order valence-corrected chi connectivity index (χ4v) is 2.38. The molecule has 1 heterocycles. The van der Waals surface area contributed by atoms with E-state index in [-0.39, 0.29) is 18.4 Å². The van der Waals surface area contributed by atoms with E-state index in [1.165, 1.54) is 6.20 Å². The van der Waals surface area contributed by atoms with Crippen LogP contribution in [0.5, 0.6) is 0 Å². The van der Waals surface area contributed by atoms with Crippen molar-refractivity contribution in [3.05, 3.63) is 52.3 Å². The number of carbonyl (C=O) groups excluding carboxylic acids is 1. The number of H-pyrrole nitrogens is 1. The van der Waals surface area contributed by atoms with E-state index >= 15 is 0 Å². The summed E-state index contributed by atoms with van der Waals surface area (Å²) in [6.07, 6.45) is 1.50. The van der Waals surface area contributed by atoms with Gasteiger partial charge in [0, 0.05) is 5.02 Å². The number of nitrogens with zero attached hydrogens (tertiary/aromatic N) is 1. The number of aromatic nitrogens is 2. The molecule has 3 N–H and O–H groups in total. The van der Waals surface area contributed by atoms with E-state index in [1.807, 2.05) is 13.8 Å². The number of hydrogen-bond donors (Lipinski definition) is 3. The number of amides is 1. The van der Waals surface area contributed by atoms with Crippen LogP contribution < -0.4 is 5.32 Å². The van der Waals surface area contributed by atoms with Crippen molar-refractivity contribution in [3.8, 4) is 0 Å². The molecule has 22 heavy (non-hydrogen) atoms. The lowest BCUT2D eigenvalue weighted by molar-refractivity contribution is 0.0526. The molecule has 118 valence electrons. The monoisotopic (exact) mass is 321 g/mol. The number of benzene rings is 1. The summed E-state index contributed by atoms with van der Waals surface area (Å²) >= 11 is 5.94. The molecule has 1 amide bonds. The standard InChI is InChI=1S/C16H20ClN3O2/c1-10(2)14-13(8-19-20-14)15(21)18-9-16(3,22)11-5-4-6-12(17)7-11/h4-8,10,22H,9H2,1-3H3,(H,18,21)(H,19,20). The Hall–Kier alpha value is -1.85. The zero-order chi connectivity index (χ0) is 16.3. The van der Waals surface area contributed by atoms with Crippen LogP contribution >= 0.6 is 11.6 Å². The minimum Gasteiger partial charge on any atom is -0.384 e. The molecule has 0 aliphatic carbocycles. The maximum absolute atomic E-state index is 12.3. The van der Waals surface area contributed by atoms with Gasteiger partial charge in [-0.05, 0) is 30.5 Å². The first-order valence-corrected chi connectivity index (χ1v) is 7.49. The van der Waals surface area contributed by atoms with Crippen LogP contribution in [0.3, 0.4) is 0 Å². The molecule has 6 heteroatoms. The largest absolute Gasteiger partial charge is 0.384 e. The van der Waals surface area contributed by atoms with E-state index in [0.29, 0.717) is 16.1 Å². The summed E-state index contributed by atoms with van der Waals surface area (Å²) in [5.41, 5.74) is 0.718. The van der Waals surface area contributed by atoms with E-state index in [0.717, 1.165) is 5.69 Å². The van der Waals surface area contributed by atoms with Crippen LogP contribution in [0.1, 0.15) is 48.3 Å². The van der Waals surface area contributed by atoms with Crippen molar-refractivity contribution in [2.75, 3.05) is 6.54 Å². The molecule has 0 fully saturated rings. The number of aromatic amines is 1. The van der Waals surface area contributed by atoms with Crippen molar-refractivity contribution in [2.24, 2.45) is 0 Å². The number of aliphatic hydroxyl groups is 1. The number of carbonyl (C=O) groups is 1. The molecule has 0 saturated carbocycles. The van der Waals surface area contributed by atoms with Crippen molar-refractivity contribution in [2.45, 2.75) is 32.3 Å². The molecule has 0 saturated heterocycles.